The standard InChI is InChI=1S/C24H20N2O3/c1-17-12-14-18(15-13-17)16-25-22(27)21(19-8-4-2-5-9-19)23(28)26(24(25)29)20-10-6-3-7-11-20/h2-15,21H,16H2,1H3. The first-order chi connectivity index (χ1) is 14.1. The summed E-state index contributed by atoms with van der Waals surface area (Å²) in [4.78, 5) is 42.0. The maximum Gasteiger partial charge on any atom is 0.338 e. The number of hydrogen-bond acceptors (Lipinski definition) is 3. The van der Waals surface area contributed by atoms with Gasteiger partial charge >= 0.3 is 6.03 Å². The number of barbiturate groups is 1. The monoisotopic (exact) mass is 384 g/mol. The van der Waals surface area contributed by atoms with Crippen LogP contribution in [0.5, 0.6) is 0 Å². The number of urea groups is 1. The molecule has 1 heterocycles. The number of amides is 4. The molecule has 4 rings (SSSR count). The van der Waals surface area contributed by atoms with E-state index in [1.54, 1.807) is 48.5 Å². The molecule has 1 unspecified atom stereocenters. The van der Waals surface area contributed by atoms with Crippen LogP contribution >= 0.6 is 0 Å². The molecular formula is C24H20N2O3. The normalized spacial score (nSPS) is 17.0. The van der Waals surface area contributed by atoms with Gasteiger partial charge in [-0.3, -0.25) is 14.5 Å². The third kappa shape index (κ3) is 3.55. The topological polar surface area (TPSA) is 57.7 Å². The number of carbonyl (C=O) groups excluding carboxylic acids is 3. The van der Waals surface area contributed by atoms with Gasteiger partial charge in [0.1, 0.15) is 5.92 Å². The number of nitrogens with zero attached hydrogens (tertiary/aromatic N) is 2. The highest BCUT2D eigenvalue weighted by Crippen LogP contribution is 2.31. The number of anilines is 1. The smallest absolute Gasteiger partial charge is 0.273 e. The Balaban J connectivity index is 1.77. The molecule has 0 radical (unpaired) electrons. The predicted molar refractivity (Wildman–Crippen MR) is 110 cm³/mol. The summed E-state index contributed by atoms with van der Waals surface area (Å²) in [5, 5.41) is 0. The summed E-state index contributed by atoms with van der Waals surface area (Å²) in [5.41, 5.74) is 2.94. The Hall–Kier alpha value is -3.73. The molecule has 144 valence electrons. The fraction of sp³-hybridized carbons (Fsp3) is 0.125. The van der Waals surface area contributed by atoms with Crippen LogP contribution in [0.2, 0.25) is 0 Å². The zero-order valence-electron chi connectivity index (χ0n) is 16.0. The lowest BCUT2D eigenvalue weighted by atomic mass is 9.93. The summed E-state index contributed by atoms with van der Waals surface area (Å²) in [5.74, 6) is -2.09. The van der Waals surface area contributed by atoms with Gasteiger partial charge in [-0.2, -0.15) is 0 Å². The molecule has 0 saturated carbocycles. The van der Waals surface area contributed by atoms with Gasteiger partial charge in [-0.1, -0.05) is 78.4 Å². The molecule has 4 amide bonds. The summed E-state index contributed by atoms with van der Waals surface area (Å²) in [6.45, 7) is 2.08. The number of benzene rings is 3. The van der Waals surface area contributed by atoms with Crippen LogP contribution in [0.1, 0.15) is 22.6 Å². The molecule has 29 heavy (non-hydrogen) atoms. The molecule has 3 aromatic rings. The minimum atomic E-state index is -1.06. The van der Waals surface area contributed by atoms with Crippen molar-refractivity contribution < 1.29 is 14.4 Å². The highest BCUT2D eigenvalue weighted by Gasteiger charge is 2.47. The van der Waals surface area contributed by atoms with Gasteiger partial charge in [-0.25, -0.2) is 9.69 Å². The van der Waals surface area contributed by atoms with Gasteiger partial charge in [0.25, 0.3) is 5.91 Å². The van der Waals surface area contributed by atoms with E-state index in [4.69, 9.17) is 0 Å². The molecule has 1 atom stereocenters. The quantitative estimate of drug-likeness (QED) is 0.631. The summed E-state index contributed by atoms with van der Waals surface area (Å²) >= 11 is 0. The number of imide groups is 2. The highest BCUT2D eigenvalue weighted by molar-refractivity contribution is 6.29. The first kappa shape index (κ1) is 18.6. The Morgan fingerprint density at radius 3 is 1.93 bits per heavy atom. The van der Waals surface area contributed by atoms with Crippen LogP contribution in [0.4, 0.5) is 10.5 Å². The number of rotatable bonds is 4. The van der Waals surface area contributed by atoms with Gasteiger partial charge in [0.05, 0.1) is 12.2 Å². The molecular weight excluding hydrogens is 364 g/mol. The molecule has 0 bridgehead atoms. The van der Waals surface area contributed by atoms with E-state index in [-0.39, 0.29) is 6.54 Å². The van der Waals surface area contributed by atoms with Crippen molar-refractivity contribution in [2.75, 3.05) is 4.90 Å². The lowest BCUT2D eigenvalue weighted by molar-refractivity contribution is -0.137. The Kier molecular flexibility index (Phi) is 4.96. The van der Waals surface area contributed by atoms with Crippen molar-refractivity contribution in [1.82, 2.24) is 4.90 Å². The lowest BCUT2D eigenvalue weighted by Crippen LogP contribution is -2.58. The maximum atomic E-state index is 13.3. The van der Waals surface area contributed by atoms with Crippen LogP contribution in [-0.2, 0) is 16.1 Å². The largest absolute Gasteiger partial charge is 0.338 e. The summed E-state index contributed by atoms with van der Waals surface area (Å²) in [7, 11) is 0. The van der Waals surface area contributed by atoms with E-state index in [1.165, 1.54) is 0 Å². The fourth-order valence-corrected chi connectivity index (χ4v) is 3.47. The van der Waals surface area contributed by atoms with Crippen molar-refractivity contribution in [3.63, 3.8) is 0 Å². The van der Waals surface area contributed by atoms with Gasteiger partial charge in [-0.15, -0.1) is 0 Å². The van der Waals surface area contributed by atoms with E-state index in [0.29, 0.717) is 11.3 Å². The third-order valence-corrected chi connectivity index (χ3v) is 5.01. The van der Waals surface area contributed by atoms with Crippen LogP contribution in [-0.4, -0.2) is 22.7 Å². The van der Waals surface area contributed by atoms with Crippen LogP contribution in [0.25, 0.3) is 0 Å². The lowest BCUT2D eigenvalue weighted by Gasteiger charge is -2.37. The summed E-state index contributed by atoms with van der Waals surface area (Å²) < 4.78 is 0. The van der Waals surface area contributed by atoms with Crippen molar-refractivity contribution in [3.05, 3.63) is 102 Å². The average Bonchev–Trinajstić information content (AvgIpc) is 2.74. The second-order valence-corrected chi connectivity index (χ2v) is 7.05. The van der Waals surface area contributed by atoms with Crippen molar-refractivity contribution in [3.8, 4) is 0 Å². The number of hydrogen-bond donors (Lipinski definition) is 0. The second-order valence-electron chi connectivity index (χ2n) is 7.05. The SMILES string of the molecule is Cc1ccc(CN2C(=O)C(c3ccccc3)C(=O)N(c3ccccc3)C2=O)cc1. The van der Waals surface area contributed by atoms with Crippen molar-refractivity contribution in [1.29, 1.82) is 0 Å². The fourth-order valence-electron chi connectivity index (χ4n) is 3.47. The van der Waals surface area contributed by atoms with E-state index in [1.807, 2.05) is 43.3 Å². The maximum absolute atomic E-state index is 13.3. The molecule has 1 saturated heterocycles. The van der Waals surface area contributed by atoms with Gasteiger partial charge in [0.15, 0.2) is 0 Å². The molecule has 5 nitrogen and oxygen atoms in total. The minimum absolute atomic E-state index is 0.109. The van der Waals surface area contributed by atoms with E-state index in [0.717, 1.165) is 20.9 Å². The Morgan fingerprint density at radius 1 is 0.724 bits per heavy atom. The number of aryl methyl sites for hydroxylation is 1. The first-order valence-corrected chi connectivity index (χ1v) is 9.41. The van der Waals surface area contributed by atoms with Gasteiger partial charge < -0.3 is 0 Å². The van der Waals surface area contributed by atoms with E-state index in [2.05, 4.69) is 0 Å². The van der Waals surface area contributed by atoms with Crippen LogP contribution in [0, 0.1) is 6.92 Å². The summed E-state index contributed by atoms with van der Waals surface area (Å²) in [6, 6.07) is 24.6. The zero-order valence-corrected chi connectivity index (χ0v) is 16.0. The van der Waals surface area contributed by atoms with Crippen LogP contribution in [0.3, 0.4) is 0 Å². The zero-order chi connectivity index (χ0) is 20.4. The van der Waals surface area contributed by atoms with E-state index >= 15 is 0 Å². The molecule has 5 heteroatoms. The molecule has 1 aliphatic rings. The Labute approximate surface area is 169 Å². The molecule has 1 aliphatic heterocycles. The molecule has 3 aromatic carbocycles. The Morgan fingerprint density at radius 2 is 1.31 bits per heavy atom. The van der Waals surface area contributed by atoms with E-state index < -0.39 is 23.8 Å². The minimum Gasteiger partial charge on any atom is -0.273 e. The average molecular weight is 384 g/mol. The van der Waals surface area contributed by atoms with Crippen molar-refractivity contribution >= 4 is 23.5 Å². The molecule has 0 spiro atoms. The molecule has 0 aromatic heterocycles. The second kappa shape index (κ2) is 7.72. The molecule has 0 aliphatic carbocycles. The van der Waals surface area contributed by atoms with Crippen molar-refractivity contribution in [2.45, 2.75) is 19.4 Å². The predicted octanol–water partition coefficient (Wildman–Crippen LogP) is 4.27. The highest BCUT2D eigenvalue weighted by atomic mass is 16.2. The van der Waals surface area contributed by atoms with Crippen molar-refractivity contribution in [2.24, 2.45) is 0 Å². The number of para-hydroxylation sites is 1. The van der Waals surface area contributed by atoms with Crippen LogP contribution < -0.4 is 4.90 Å². The van der Waals surface area contributed by atoms with Gasteiger partial charge in [0.2, 0.25) is 5.91 Å². The summed E-state index contributed by atoms with van der Waals surface area (Å²) in [6.07, 6.45) is 0. The molecule has 1 fully saturated rings. The molecule has 0 N–H and O–H groups in total. The third-order valence-electron chi connectivity index (χ3n) is 5.01. The Bertz CT molecular complexity index is 985. The number of carbonyl (C=O) groups is 3. The first-order valence-electron chi connectivity index (χ1n) is 9.41. The van der Waals surface area contributed by atoms with Crippen LogP contribution in [0.15, 0.2) is 84.9 Å². The van der Waals surface area contributed by atoms with E-state index in [9.17, 15) is 14.4 Å². The van der Waals surface area contributed by atoms with Gasteiger partial charge in [0, 0.05) is 0 Å². The van der Waals surface area contributed by atoms with Gasteiger partial charge in [-0.05, 0) is 30.2 Å².